The number of carbonyl (C=O) groups is 1. The van der Waals surface area contributed by atoms with Crippen LogP contribution in [-0.2, 0) is 0 Å². The van der Waals surface area contributed by atoms with Gasteiger partial charge in [0.15, 0.2) is 0 Å². The quantitative estimate of drug-likeness (QED) is 0.514. The molecule has 5 heteroatoms. The molecule has 0 saturated heterocycles. The molecule has 0 saturated carbocycles. The largest absolute Gasteiger partial charge is 0.420 e. The van der Waals surface area contributed by atoms with E-state index in [1.807, 2.05) is 0 Å². The first-order valence-electron chi connectivity index (χ1n) is 6.82. The lowest BCUT2D eigenvalue weighted by molar-refractivity contribution is 0.0728. The highest BCUT2D eigenvalue weighted by Crippen LogP contribution is 2.30. The highest BCUT2D eigenvalue weighted by molar-refractivity contribution is 6.32. The van der Waals surface area contributed by atoms with Crippen molar-refractivity contribution >= 4 is 17.6 Å². The van der Waals surface area contributed by atoms with Crippen molar-refractivity contribution < 1.29 is 13.9 Å². The number of carbonyl (C=O) groups excluding carboxylic acids is 1. The molecule has 1 heterocycles. The lowest BCUT2D eigenvalue weighted by Gasteiger charge is -2.08. The molecule has 3 nitrogen and oxygen atoms in total. The van der Waals surface area contributed by atoms with Crippen molar-refractivity contribution in [1.29, 1.82) is 0 Å². The van der Waals surface area contributed by atoms with Crippen LogP contribution in [0.1, 0.15) is 10.5 Å². The van der Waals surface area contributed by atoms with Gasteiger partial charge in [0.1, 0.15) is 17.3 Å². The number of benzene rings is 2. The van der Waals surface area contributed by atoms with Gasteiger partial charge in [-0.15, -0.1) is 0 Å². The van der Waals surface area contributed by atoms with Crippen LogP contribution in [0.5, 0.6) is 5.75 Å². The number of pyridine rings is 1. The van der Waals surface area contributed by atoms with Crippen molar-refractivity contribution in [3.05, 3.63) is 83.4 Å². The van der Waals surface area contributed by atoms with Crippen LogP contribution >= 0.6 is 11.6 Å². The summed E-state index contributed by atoms with van der Waals surface area (Å²) in [4.78, 5) is 15.9. The topological polar surface area (TPSA) is 39.2 Å². The zero-order valence-electron chi connectivity index (χ0n) is 11.9. The number of hydrogen-bond acceptors (Lipinski definition) is 3. The molecule has 0 unspecified atom stereocenters. The van der Waals surface area contributed by atoms with Gasteiger partial charge in [-0.25, -0.2) is 14.2 Å². The molecule has 0 aliphatic heterocycles. The fraction of sp³-hybridized carbons (Fsp3) is 0. The molecule has 0 spiro atoms. The van der Waals surface area contributed by atoms with Crippen molar-refractivity contribution in [2.45, 2.75) is 0 Å². The second-order valence-electron chi connectivity index (χ2n) is 4.76. The standard InChI is InChI=1S/C18H11ClFNO2/c19-15-11-13(12-4-7-14(20)8-5-12)6-9-17(15)23-18(22)16-3-1-2-10-21-16/h1-11H. The second-order valence-corrected chi connectivity index (χ2v) is 5.16. The Hall–Kier alpha value is -2.72. The average molecular weight is 328 g/mol. The maximum absolute atomic E-state index is 13.0. The second kappa shape index (κ2) is 6.58. The molecule has 2 aromatic carbocycles. The summed E-state index contributed by atoms with van der Waals surface area (Å²) >= 11 is 6.17. The van der Waals surface area contributed by atoms with Gasteiger partial charge >= 0.3 is 5.97 Å². The van der Waals surface area contributed by atoms with Gasteiger partial charge in [0.2, 0.25) is 0 Å². The molecule has 0 aliphatic rings. The fourth-order valence-electron chi connectivity index (χ4n) is 2.04. The Balaban J connectivity index is 1.82. The number of hydrogen-bond donors (Lipinski definition) is 0. The lowest BCUT2D eigenvalue weighted by Crippen LogP contribution is -2.10. The van der Waals surface area contributed by atoms with Crippen LogP contribution in [0, 0.1) is 5.82 Å². The van der Waals surface area contributed by atoms with E-state index in [4.69, 9.17) is 16.3 Å². The summed E-state index contributed by atoms with van der Waals surface area (Å²) in [5.74, 6) is -0.643. The highest BCUT2D eigenvalue weighted by atomic mass is 35.5. The van der Waals surface area contributed by atoms with Crippen LogP contribution in [0.4, 0.5) is 4.39 Å². The van der Waals surface area contributed by atoms with Gasteiger partial charge in [-0.2, -0.15) is 0 Å². The van der Waals surface area contributed by atoms with Crippen LogP contribution in [0.15, 0.2) is 66.9 Å². The van der Waals surface area contributed by atoms with E-state index in [0.29, 0.717) is 0 Å². The number of halogens is 2. The molecule has 0 fully saturated rings. The van der Waals surface area contributed by atoms with Crippen LogP contribution < -0.4 is 4.74 Å². The molecule has 23 heavy (non-hydrogen) atoms. The van der Waals surface area contributed by atoms with E-state index in [1.165, 1.54) is 18.3 Å². The van der Waals surface area contributed by atoms with Crippen molar-refractivity contribution in [1.82, 2.24) is 4.98 Å². The molecule has 0 aliphatic carbocycles. The van der Waals surface area contributed by atoms with Crippen molar-refractivity contribution in [3.8, 4) is 16.9 Å². The van der Waals surface area contributed by atoms with E-state index in [2.05, 4.69) is 4.98 Å². The van der Waals surface area contributed by atoms with Crippen molar-refractivity contribution in [2.24, 2.45) is 0 Å². The third kappa shape index (κ3) is 3.55. The summed E-state index contributed by atoms with van der Waals surface area (Å²) < 4.78 is 18.2. The Labute approximate surface area is 137 Å². The van der Waals surface area contributed by atoms with Gasteiger partial charge in [-0.05, 0) is 47.5 Å². The molecule has 114 valence electrons. The molecular formula is C18H11ClFNO2. The van der Waals surface area contributed by atoms with Gasteiger partial charge in [0, 0.05) is 6.20 Å². The summed E-state index contributed by atoms with van der Waals surface area (Å²) in [6, 6.07) is 16.0. The molecule has 1 aromatic heterocycles. The Morgan fingerprint density at radius 2 is 1.74 bits per heavy atom. The monoisotopic (exact) mass is 327 g/mol. The molecule has 3 aromatic rings. The first-order valence-corrected chi connectivity index (χ1v) is 7.20. The first-order chi connectivity index (χ1) is 11.1. The highest BCUT2D eigenvalue weighted by Gasteiger charge is 2.12. The van der Waals surface area contributed by atoms with E-state index >= 15 is 0 Å². The zero-order chi connectivity index (χ0) is 16.2. The molecule has 0 radical (unpaired) electrons. The van der Waals surface area contributed by atoms with Gasteiger partial charge < -0.3 is 4.74 Å². The molecule has 0 N–H and O–H groups in total. The van der Waals surface area contributed by atoms with Crippen LogP contribution in [0.2, 0.25) is 5.02 Å². The predicted octanol–water partition coefficient (Wildman–Crippen LogP) is 4.76. The maximum Gasteiger partial charge on any atom is 0.362 e. The van der Waals surface area contributed by atoms with Crippen molar-refractivity contribution in [3.63, 3.8) is 0 Å². The first kappa shape index (κ1) is 15.2. The van der Waals surface area contributed by atoms with Gasteiger partial charge in [0.05, 0.1) is 5.02 Å². The Morgan fingerprint density at radius 1 is 1.00 bits per heavy atom. The normalized spacial score (nSPS) is 10.3. The van der Waals surface area contributed by atoms with E-state index in [-0.39, 0.29) is 22.3 Å². The third-order valence-electron chi connectivity index (χ3n) is 3.19. The zero-order valence-corrected chi connectivity index (χ0v) is 12.6. The summed E-state index contributed by atoms with van der Waals surface area (Å²) in [5.41, 5.74) is 1.81. The number of rotatable bonds is 3. The Kier molecular flexibility index (Phi) is 4.35. The Morgan fingerprint density at radius 3 is 2.39 bits per heavy atom. The van der Waals surface area contributed by atoms with E-state index < -0.39 is 5.97 Å². The smallest absolute Gasteiger partial charge is 0.362 e. The lowest BCUT2D eigenvalue weighted by atomic mass is 10.1. The van der Waals surface area contributed by atoms with E-state index in [0.717, 1.165) is 11.1 Å². The number of ether oxygens (including phenoxy) is 1. The minimum Gasteiger partial charge on any atom is -0.420 e. The van der Waals surface area contributed by atoms with Crippen molar-refractivity contribution in [2.75, 3.05) is 0 Å². The third-order valence-corrected chi connectivity index (χ3v) is 3.48. The van der Waals surface area contributed by atoms with Gasteiger partial charge in [-0.1, -0.05) is 35.9 Å². The summed E-state index contributed by atoms with van der Waals surface area (Å²) in [7, 11) is 0. The SMILES string of the molecule is O=C(Oc1ccc(-c2ccc(F)cc2)cc1Cl)c1ccccn1. The maximum atomic E-state index is 13.0. The number of aromatic nitrogens is 1. The summed E-state index contributed by atoms with van der Waals surface area (Å²) in [6.45, 7) is 0. The summed E-state index contributed by atoms with van der Waals surface area (Å²) in [5, 5.41) is 0.288. The van der Waals surface area contributed by atoms with Crippen LogP contribution in [0.3, 0.4) is 0 Å². The summed E-state index contributed by atoms with van der Waals surface area (Å²) in [6.07, 6.45) is 1.51. The molecule has 0 bridgehead atoms. The van der Waals surface area contributed by atoms with Crippen LogP contribution in [-0.4, -0.2) is 11.0 Å². The number of nitrogens with zero attached hydrogens (tertiary/aromatic N) is 1. The Bertz CT molecular complexity index is 835. The number of esters is 1. The fourth-order valence-corrected chi connectivity index (χ4v) is 2.26. The molecule has 3 rings (SSSR count). The molecule has 0 atom stereocenters. The van der Waals surface area contributed by atoms with Crippen LogP contribution in [0.25, 0.3) is 11.1 Å². The van der Waals surface area contributed by atoms with E-state index in [9.17, 15) is 9.18 Å². The molecular weight excluding hydrogens is 317 g/mol. The minimum atomic E-state index is -0.581. The molecule has 0 amide bonds. The van der Waals surface area contributed by atoms with Gasteiger partial charge in [0.25, 0.3) is 0 Å². The minimum absolute atomic E-state index is 0.200. The van der Waals surface area contributed by atoms with E-state index in [1.54, 1.807) is 48.5 Å². The van der Waals surface area contributed by atoms with Gasteiger partial charge in [-0.3, -0.25) is 0 Å². The average Bonchev–Trinajstić information content (AvgIpc) is 2.58. The predicted molar refractivity (Wildman–Crippen MR) is 86.0 cm³/mol.